The highest BCUT2D eigenvalue weighted by atomic mass is 32.1. The highest BCUT2D eigenvalue weighted by Gasteiger charge is 2.13. The Bertz CT molecular complexity index is 512. The molecule has 0 spiro atoms. The Hall–Kier alpha value is -1.69. The zero-order valence-corrected chi connectivity index (χ0v) is 12.7. The molecule has 0 atom stereocenters. The predicted molar refractivity (Wildman–Crippen MR) is 83.3 cm³/mol. The van der Waals surface area contributed by atoms with Crippen molar-refractivity contribution in [3.05, 3.63) is 29.6 Å². The van der Waals surface area contributed by atoms with Gasteiger partial charge in [0.05, 0.1) is 0 Å². The van der Waals surface area contributed by atoms with Crippen LogP contribution in [0.5, 0.6) is 0 Å². The molecule has 0 saturated carbocycles. The van der Waals surface area contributed by atoms with Gasteiger partial charge in [0.15, 0.2) is 0 Å². The van der Waals surface area contributed by atoms with Gasteiger partial charge in [0.1, 0.15) is 10.8 Å². The Balaban J connectivity index is 2.49. The Labute approximate surface area is 123 Å². The first-order chi connectivity index (χ1) is 9.19. The van der Waals surface area contributed by atoms with Crippen molar-refractivity contribution in [1.82, 2.24) is 5.32 Å². The fourth-order valence-electron chi connectivity index (χ4n) is 1.63. The molecule has 0 heterocycles. The molecular weight excluding hydrogens is 277 g/mol. The molecule has 6 heteroatoms. The van der Waals surface area contributed by atoms with Gasteiger partial charge in [0.25, 0.3) is 0 Å². The van der Waals surface area contributed by atoms with Gasteiger partial charge < -0.3 is 16.4 Å². The number of rotatable bonds is 5. The van der Waals surface area contributed by atoms with Crippen molar-refractivity contribution in [2.45, 2.75) is 32.7 Å². The van der Waals surface area contributed by atoms with E-state index in [0.717, 1.165) is 0 Å². The summed E-state index contributed by atoms with van der Waals surface area (Å²) >= 11 is 4.73. The molecule has 1 aromatic rings. The lowest BCUT2D eigenvalue weighted by Crippen LogP contribution is -2.41. The normalized spacial score (nSPS) is 11.0. The van der Waals surface area contributed by atoms with Crippen LogP contribution in [-0.4, -0.2) is 23.0 Å². The number of nitrogens with one attached hydrogen (secondary N) is 2. The van der Waals surface area contributed by atoms with E-state index in [1.807, 2.05) is 20.8 Å². The van der Waals surface area contributed by atoms with Crippen molar-refractivity contribution in [3.8, 4) is 0 Å². The van der Waals surface area contributed by atoms with Crippen molar-refractivity contribution < 1.29 is 9.18 Å². The van der Waals surface area contributed by atoms with Crippen molar-refractivity contribution in [3.63, 3.8) is 0 Å². The molecule has 1 amide bonds. The second-order valence-electron chi connectivity index (χ2n) is 5.53. The lowest BCUT2D eigenvalue weighted by molar-refractivity contribution is -0.122. The molecule has 0 aliphatic rings. The maximum atomic E-state index is 13.6. The van der Waals surface area contributed by atoms with E-state index in [4.69, 9.17) is 18.0 Å². The van der Waals surface area contributed by atoms with E-state index in [0.29, 0.717) is 18.7 Å². The van der Waals surface area contributed by atoms with Crippen LogP contribution in [-0.2, 0) is 4.79 Å². The van der Waals surface area contributed by atoms with E-state index < -0.39 is 5.82 Å². The number of hydrogen-bond donors (Lipinski definition) is 3. The number of nitrogens with two attached hydrogens (primary N) is 1. The van der Waals surface area contributed by atoms with Gasteiger partial charge in [-0.3, -0.25) is 4.79 Å². The number of amides is 1. The standard InChI is InChI=1S/C14H20FN3OS/c1-14(2,3)18-12(19)6-7-17-9-4-5-10(13(16)20)11(15)8-9/h4-5,8,17H,6-7H2,1-3H3,(H2,16,20)(H,18,19). The summed E-state index contributed by atoms with van der Waals surface area (Å²) < 4.78 is 13.6. The van der Waals surface area contributed by atoms with E-state index in [9.17, 15) is 9.18 Å². The summed E-state index contributed by atoms with van der Waals surface area (Å²) in [5, 5.41) is 5.84. The average molecular weight is 297 g/mol. The third-order valence-electron chi connectivity index (χ3n) is 2.43. The Morgan fingerprint density at radius 1 is 1.40 bits per heavy atom. The minimum atomic E-state index is -0.471. The maximum absolute atomic E-state index is 13.6. The van der Waals surface area contributed by atoms with Gasteiger partial charge in [-0.2, -0.15) is 0 Å². The number of thiocarbonyl (C=S) groups is 1. The molecule has 0 aliphatic heterocycles. The summed E-state index contributed by atoms with van der Waals surface area (Å²) in [4.78, 5) is 11.6. The molecule has 0 fully saturated rings. The van der Waals surface area contributed by atoms with E-state index in [1.54, 1.807) is 6.07 Å². The van der Waals surface area contributed by atoms with Crippen molar-refractivity contribution in [2.75, 3.05) is 11.9 Å². The monoisotopic (exact) mass is 297 g/mol. The Morgan fingerprint density at radius 2 is 2.05 bits per heavy atom. The second-order valence-corrected chi connectivity index (χ2v) is 5.97. The van der Waals surface area contributed by atoms with Crippen molar-refractivity contribution in [1.29, 1.82) is 0 Å². The number of carbonyl (C=O) groups excluding carboxylic acids is 1. The first kappa shape index (κ1) is 16.4. The summed E-state index contributed by atoms with van der Waals surface area (Å²) in [6.07, 6.45) is 0.315. The Kier molecular flexibility index (Phi) is 5.44. The summed E-state index contributed by atoms with van der Waals surface area (Å²) in [6, 6.07) is 4.52. The minimum absolute atomic E-state index is 0.0265. The zero-order valence-electron chi connectivity index (χ0n) is 11.9. The smallest absolute Gasteiger partial charge is 0.222 e. The minimum Gasteiger partial charge on any atom is -0.389 e. The molecule has 0 unspecified atom stereocenters. The number of carbonyl (C=O) groups is 1. The van der Waals surface area contributed by atoms with E-state index >= 15 is 0 Å². The summed E-state index contributed by atoms with van der Waals surface area (Å²) in [7, 11) is 0. The summed E-state index contributed by atoms with van der Waals surface area (Å²) in [6.45, 7) is 6.18. The second kappa shape index (κ2) is 6.65. The van der Waals surface area contributed by atoms with Crippen LogP contribution >= 0.6 is 12.2 Å². The quantitative estimate of drug-likeness (QED) is 0.729. The zero-order chi connectivity index (χ0) is 15.3. The van der Waals surface area contributed by atoms with Crippen LogP contribution in [0.15, 0.2) is 18.2 Å². The van der Waals surface area contributed by atoms with E-state index in [1.165, 1.54) is 12.1 Å². The SMILES string of the molecule is CC(C)(C)NC(=O)CCNc1ccc(C(N)=S)c(F)c1. The largest absolute Gasteiger partial charge is 0.389 e. The Morgan fingerprint density at radius 3 is 2.55 bits per heavy atom. The maximum Gasteiger partial charge on any atom is 0.222 e. The molecular formula is C14H20FN3OS. The molecule has 0 aliphatic carbocycles. The van der Waals surface area contributed by atoms with E-state index in [2.05, 4.69) is 10.6 Å². The van der Waals surface area contributed by atoms with Crippen LogP contribution in [0, 0.1) is 5.82 Å². The van der Waals surface area contributed by atoms with Gasteiger partial charge in [-0.25, -0.2) is 4.39 Å². The molecule has 0 aromatic heterocycles. The molecule has 0 bridgehead atoms. The molecule has 4 nitrogen and oxygen atoms in total. The van der Waals surface area contributed by atoms with Gasteiger partial charge in [-0.15, -0.1) is 0 Å². The molecule has 0 radical (unpaired) electrons. The van der Waals surface area contributed by atoms with Gasteiger partial charge in [-0.1, -0.05) is 12.2 Å². The fraction of sp³-hybridized carbons (Fsp3) is 0.429. The van der Waals surface area contributed by atoms with Crippen molar-refractivity contribution >= 4 is 28.8 Å². The van der Waals surface area contributed by atoms with Crippen LogP contribution in [0.1, 0.15) is 32.8 Å². The van der Waals surface area contributed by atoms with Gasteiger partial charge in [0, 0.05) is 29.8 Å². The summed E-state index contributed by atoms with van der Waals surface area (Å²) in [5.41, 5.74) is 5.94. The van der Waals surface area contributed by atoms with Crippen LogP contribution in [0.3, 0.4) is 0 Å². The third kappa shape index (κ3) is 5.52. The summed E-state index contributed by atoms with van der Waals surface area (Å²) in [5.74, 6) is -0.521. The van der Waals surface area contributed by atoms with Gasteiger partial charge in [-0.05, 0) is 39.0 Å². The van der Waals surface area contributed by atoms with Crippen molar-refractivity contribution in [2.24, 2.45) is 5.73 Å². The van der Waals surface area contributed by atoms with Crippen LogP contribution in [0.25, 0.3) is 0 Å². The lowest BCUT2D eigenvalue weighted by Gasteiger charge is -2.20. The first-order valence-corrected chi connectivity index (χ1v) is 6.74. The fourth-order valence-corrected chi connectivity index (χ4v) is 1.79. The number of hydrogen-bond acceptors (Lipinski definition) is 3. The van der Waals surface area contributed by atoms with Crippen LogP contribution in [0.4, 0.5) is 10.1 Å². The van der Waals surface area contributed by atoms with Crippen LogP contribution in [0.2, 0.25) is 0 Å². The highest BCUT2D eigenvalue weighted by molar-refractivity contribution is 7.80. The first-order valence-electron chi connectivity index (χ1n) is 6.33. The predicted octanol–water partition coefficient (Wildman–Crippen LogP) is 2.18. The molecule has 4 N–H and O–H groups in total. The molecule has 1 aromatic carbocycles. The van der Waals surface area contributed by atoms with Gasteiger partial charge >= 0.3 is 0 Å². The highest BCUT2D eigenvalue weighted by Crippen LogP contribution is 2.14. The van der Waals surface area contributed by atoms with E-state index in [-0.39, 0.29) is 22.0 Å². The number of halogens is 1. The number of anilines is 1. The molecule has 0 saturated heterocycles. The third-order valence-corrected chi connectivity index (χ3v) is 2.65. The average Bonchev–Trinajstić information content (AvgIpc) is 2.25. The molecule has 110 valence electrons. The molecule has 20 heavy (non-hydrogen) atoms. The van der Waals surface area contributed by atoms with Gasteiger partial charge in [0.2, 0.25) is 5.91 Å². The topological polar surface area (TPSA) is 67.2 Å². The lowest BCUT2D eigenvalue weighted by atomic mass is 10.1. The molecule has 1 rings (SSSR count). The number of benzene rings is 1. The van der Waals surface area contributed by atoms with Crippen LogP contribution < -0.4 is 16.4 Å².